The standard InChI is InChI=1S/C15H23NO/c1-16-14-9-5-3-7-12(14)11-13-8-4-6-10-15(13)17-2/h4,6,8,10,12,14,16H,3,5,7,9,11H2,1-2H3. The topological polar surface area (TPSA) is 21.3 Å². The Kier molecular flexibility index (Phi) is 4.43. The smallest absolute Gasteiger partial charge is 0.122 e. The van der Waals surface area contributed by atoms with Crippen LogP contribution in [0.2, 0.25) is 0 Å². The summed E-state index contributed by atoms with van der Waals surface area (Å²) in [6.07, 6.45) is 6.53. The highest BCUT2D eigenvalue weighted by Gasteiger charge is 2.24. The minimum Gasteiger partial charge on any atom is -0.496 e. The van der Waals surface area contributed by atoms with Gasteiger partial charge in [0.15, 0.2) is 0 Å². The summed E-state index contributed by atoms with van der Waals surface area (Å²) in [4.78, 5) is 0. The van der Waals surface area contributed by atoms with Gasteiger partial charge < -0.3 is 10.1 Å². The minimum atomic E-state index is 0.675. The zero-order valence-electron chi connectivity index (χ0n) is 10.9. The molecular weight excluding hydrogens is 210 g/mol. The molecule has 1 aromatic rings. The largest absolute Gasteiger partial charge is 0.496 e. The van der Waals surface area contributed by atoms with E-state index in [1.807, 2.05) is 6.07 Å². The van der Waals surface area contributed by atoms with E-state index in [-0.39, 0.29) is 0 Å². The van der Waals surface area contributed by atoms with Crippen molar-refractivity contribution in [3.8, 4) is 5.75 Å². The zero-order chi connectivity index (χ0) is 12.1. The second-order valence-electron chi connectivity index (χ2n) is 4.96. The fourth-order valence-corrected chi connectivity index (χ4v) is 2.99. The summed E-state index contributed by atoms with van der Waals surface area (Å²) in [7, 11) is 3.85. The summed E-state index contributed by atoms with van der Waals surface area (Å²) >= 11 is 0. The number of nitrogens with one attached hydrogen (secondary N) is 1. The molecule has 0 amide bonds. The summed E-state index contributed by atoms with van der Waals surface area (Å²) in [6.45, 7) is 0. The van der Waals surface area contributed by atoms with Crippen molar-refractivity contribution in [2.75, 3.05) is 14.2 Å². The van der Waals surface area contributed by atoms with Crippen molar-refractivity contribution in [1.29, 1.82) is 0 Å². The Bertz CT molecular complexity index is 351. The fraction of sp³-hybridized carbons (Fsp3) is 0.600. The summed E-state index contributed by atoms with van der Waals surface area (Å²) in [6, 6.07) is 9.08. The maximum Gasteiger partial charge on any atom is 0.122 e. The van der Waals surface area contributed by atoms with Crippen molar-refractivity contribution in [1.82, 2.24) is 5.32 Å². The van der Waals surface area contributed by atoms with Gasteiger partial charge in [-0.15, -0.1) is 0 Å². The van der Waals surface area contributed by atoms with Crippen LogP contribution in [-0.2, 0) is 6.42 Å². The van der Waals surface area contributed by atoms with Crippen molar-refractivity contribution in [3.63, 3.8) is 0 Å². The molecule has 0 bridgehead atoms. The highest BCUT2D eigenvalue weighted by atomic mass is 16.5. The Morgan fingerprint density at radius 2 is 2.00 bits per heavy atom. The quantitative estimate of drug-likeness (QED) is 0.863. The molecule has 1 aliphatic carbocycles. The molecule has 2 nitrogen and oxygen atoms in total. The van der Waals surface area contributed by atoms with Gasteiger partial charge in [-0.2, -0.15) is 0 Å². The van der Waals surface area contributed by atoms with Crippen LogP contribution in [0.5, 0.6) is 5.75 Å². The third-order valence-corrected chi connectivity index (χ3v) is 3.95. The molecule has 94 valence electrons. The lowest BCUT2D eigenvalue weighted by Crippen LogP contribution is -2.37. The first-order chi connectivity index (χ1) is 8.35. The van der Waals surface area contributed by atoms with E-state index in [1.54, 1.807) is 7.11 Å². The lowest BCUT2D eigenvalue weighted by molar-refractivity contribution is 0.270. The first-order valence-electron chi connectivity index (χ1n) is 6.64. The molecule has 1 aromatic carbocycles. The van der Waals surface area contributed by atoms with Crippen molar-refractivity contribution >= 4 is 0 Å². The van der Waals surface area contributed by atoms with Crippen LogP contribution >= 0.6 is 0 Å². The van der Waals surface area contributed by atoms with Gasteiger partial charge in [-0.3, -0.25) is 0 Å². The molecule has 0 radical (unpaired) electrons. The molecule has 2 atom stereocenters. The second-order valence-corrected chi connectivity index (χ2v) is 4.96. The van der Waals surface area contributed by atoms with E-state index in [4.69, 9.17) is 4.74 Å². The second kappa shape index (κ2) is 6.06. The molecule has 17 heavy (non-hydrogen) atoms. The maximum absolute atomic E-state index is 5.44. The average Bonchev–Trinajstić information content (AvgIpc) is 2.40. The first-order valence-corrected chi connectivity index (χ1v) is 6.64. The first kappa shape index (κ1) is 12.4. The van der Waals surface area contributed by atoms with E-state index in [0.29, 0.717) is 6.04 Å². The molecule has 1 fully saturated rings. The molecule has 1 aliphatic rings. The van der Waals surface area contributed by atoms with Crippen molar-refractivity contribution in [2.45, 2.75) is 38.1 Å². The molecule has 0 saturated heterocycles. The fourth-order valence-electron chi connectivity index (χ4n) is 2.99. The van der Waals surface area contributed by atoms with Gasteiger partial charge >= 0.3 is 0 Å². The van der Waals surface area contributed by atoms with Crippen molar-refractivity contribution in [2.24, 2.45) is 5.92 Å². The molecular formula is C15H23NO. The molecule has 2 rings (SSSR count). The average molecular weight is 233 g/mol. The van der Waals surface area contributed by atoms with Crippen LogP contribution in [0.3, 0.4) is 0 Å². The number of ether oxygens (including phenoxy) is 1. The summed E-state index contributed by atoms with van der Waals surface area (Å²) in [5, 5.41) is 3.47. The van der Waals surface area contributed by atoms with Gasteiger partial charge in [0.1, 0.15) is 5.75 Å². The summed E-state index contributed by atoms with van der Waals surface area (Å²) in [5.41, 5.74) is 1.35. The number of para-hydroxylation sites is 1. The monoisotopic (exact) mass is 233 g/mol. The highest BCUT2D eigenvalue weighted by molar-refractivity contribution is 5.33. The SMILES string of the molecule is CNC1CCCCC1Cc1ccccc1OC. The number of methoxy groups -OCH3 is 1. The number of hydrogen-bond donors (Lipinski definition) is 1. The van der Waals surface area contributed by atoms with Crippen molar-refractivity contribution < 1.29 is 4.74 Å². The lowest BCUT2D eigenvalue weighted by atomic mass is 9.80. The highest BCUT2D eigenvalue weighted by Crippen LogP contribution is 2.30. The Morgan fingerprint density at radius 1 is 1.24 bits per heavy atom. The number of benzene rings is 1. The van der Waals surface area contributed by atoms with Crippen LogP contribution in [0.1, 0.15) is 31.2 Å². The van der Waals surface area contributed by atoms with Crippen LogP contribution in [-0.4, -0.2) is 20.2 Å². The van der Waals surface area contributed by atoms with Gasteiger partial charge in [0.2, 0.25) is 0 Å². The van der Waals surface area contributed by atoms with Crippen LogP contribution in [0.15, 0.2) is 24.3 Å². The summed E-state index contributed by atoms with van der Waals surface area (Å²) < 4.78 is 5.44. The molecule has 0 heterocycles. The van der Waals surface area contributed by atoms with Crippen LogP contribution in [0.25, 0.3) is 0 Å². The molecule has 1 N–H and O–H groups in total. The van der Waals surface area contributed by atoms with Gasteiger partial charge in [0, 0.05) is 6.04 Å². The van der Waals surface area contributed by atoms with Gasteiger partial charge in [-0.1, -0.05) is 31.0 Å². The van der Waals surface area contributed by atoms with Crippen LogP contribution in [0, 0.1) is 5.92 Å². The molecule has 0 aliphatic heterocycles. The zero-order valence-corrected chi connectivity index (χ0v) is 10.9. The molecule has 0 aromatic heterocycles. The predicted molar refractivity (Wildman–Crippen MR) is 71.5 cm³/mol. The van der Waals surface area contributed by atoms with Crippen molar-refractivity contribution in [3.05, 3.63) is 29.8 Å². The molecule has 1 saturated carbocycles. The Balaban J connectivity index is 2.08. The van der Waals surface area contributed by atoms with E-state index >= 15 is 0 Å². The minimum absolute atomic E-state index is 0.675. The Hall–Kier alpha value is -1.02. The number of rotatable bonds is 4. The Labute approximate surface area is 104 Å². The van der Waals surface area contributed by atoms with E-state index in [0.717, 1.165) is 18.1 Å². The van der Waals surface area contributed by atoms with Gasteiger partial charge in [0.25, 0.3) is 0 Å². The predicted octanol–water partition coefficient (Wildman–Crippen LogP) is 3.02. The van der Waals surface area contributed by atoms with Gasteiger partial charge in [-0.05, 0) is 43.9 Å². The van der Waals surface area contributed by atoms with Gasteiger partial charge in [0.05, 0.1) is 7.11 Å². The number of hydrogen-bond acceptors (Lipinski definition) is 2. The molecule has 2 heteroatoms. The van der Waals surface area contributed by atoms with E-state index < -0.39 is 0 Å². The lowest BCUT2D eigenvalue weighted by Gasteiger charge is -2.31. The molecule has 2 unspecified atom stereocenters. The van der Waals surface area contributed by atoms with E-state index in [9.17, 15) is 0 Å². The van der Waals surface area contributed by atoms with Crippen LogP contribution in [0.4, 0.5) is 0 Å². The van der Waals surface area contributed by atoms with Crippen LogP contribution < -0.4 is 10.1 Å². The normalized spacial score (nSPS) is 24.6. The van der Waals surface area contributed by atoms with E-state index in [2.05, 4.69) is 30.6 Å². The third kappa shape index (κ3) is 3.01. The molecule has 0 spiro atoms. The van der Waals surface area contributed by atoms with E-state index in [1.165, 1.54) is 31.2 Å². The Morgan fingerprint density at radius 3 is 2.76 bits per heavy atom. The van der Waals surface area contributed by atoms with Gasteiger partial charge in [-0.25, -0.2) is 0 Å². The summed E-state index contributed by atoms with van der Waals surface area (Å²) in [5.74, 6) is 1.79. The third-order valence-electron chi connectivity index (χ3n) is 3.95. The maximum atomic E-state index is 5.44.